The Morgan fingerprint density at radius 3 is 2.57 bits per heavy atom. The quantitative estimate of drug-likeness (QED) is 0.789. The molecule has 0 fully saturated rings. The van der Waals surface area contributed by atoms with Gasteiger partial charge in [-0.2, -0.15) is 0 Å². The topological polar surface area (TPSA) is 61.4 Å². The number of aliphatic hydroxyl groups is 1. The lowest BCUT2D eigenvalue weighted by Gasteiger charge is -2.14. The monoisotopic (exact) mass is 286 g/mol. The Morgan fingerprint density at radius 1 is 1.14 bits per heavy atom. The average molecular weight is 286 g/mol. The third-order valence-electron chi connectivity index (χ3n) is 3.50. The first-order valence-electron chi connectivity index (χ1n) is 7.28. The first-order valence-corrected chi connectivity index (χ1v) is 7.28. The first kappa shape index (κ1) is 15.3. The Bertz CT molecular complexity index is 611. The van der Waals surface area contributed by atoms with Crippen molar-refractivity contribution in [3.8, 4) is 0 Å². The molecule has 2 amide bonds. The van der Waals surface area contributed by atoms with Crippen molar-refractivity contribution in [2.75, 3.05) is 11.9 Å². The Morgan fingerprint density at radius 2 is 1.86 bits per heavy atom. The number of nitrogens with one attached hydrogen (secondary N) is 2. The average Bonchev–Trinajstić information content (AvgIpc) is 2.46. The van der Waals surface area contributed by atoms with Crippen LogP contribution in [-0.4, -0.2) is 23.8 Å². The standard InChI is InChI=1S/C17H22N2O2/c1-12(2)16(20)9-10-18-17(21)19-15-8-7-13-5-3-4-6-14(13)11-15/h3-8,11-12,16,20H,9-10H2,1-2H3,(H2,18,19,21). The van der Waals surface area contributed by atoms with Gasteiger partial charge in [-0.1, -0.05) is 44.2 Å². The van der Waals surface area contributed by atoms with Crippen molar-refractivity contribution in [2.45, 2.75) is 26.4 Å². The summed E-state index contributed by atoms with van der Waals surface area (Å²) in [6, 6.07) is 13.6. The molecule has 112 valence electrons. The van der Waals surface area contributed by atoms with Crippen LogP contribution in [-0.2, 0) is 0 Å². The number of rotatable bonds is 5. The van der Waals surface area contributed by atoms with E-state index in [-0.39, 0.29) is 18.1 Å². The summed E-state index contributed by atoms with van der Waals surface area (Å²) < 4.78 is 0. The van der Waals surface area contributed by atoms with Crippen LogP contribution in [0.5, 0.6) is 0 Å². The number of anilines is 1. The van der Waals surface area contributed by atoms with E-state index < -0.39 is 0 Å². The van der Waals surface area contributed by atoms with Gasteiger partial charge in [0.25, 0.3) is 0 Å². The molecule has 2 aromatic carbocycles. The number of fused-ring (bicyclic) bond motifs is 1. The van der Waals surface area contributed by atoms with E-state index in [9.17, 15) is 9.90 Å². The summed E-state index contributed by atoms with van der Waals surface area (Å²) in [4.78, 5) is 11.8. The van der Waals surface area contributed by atoms with E-state index in [1.807, 2.05) is 56.3 Å². The lowest BCUT2D eigenvalue weighted by Crippen LogP contribution is -2.32. The molecule has 0 spiro atoms. The van der Waals surface area contributed by atoms with Crippen LogP contribution in [0.1, 0.15) is 20.3 Å². The van der Waals surface area contributed by atoms with E-state index in [1.165, 1.54) is 0 Å². The van der Waals surface area contributed by atoms with Gasteiger partial charge >= 0.3 is 6.03 Å². The summed E-state index contributed by atoms with van der Waals surface area (Å²) in [5.74, 6) is 0.204. The van der Waals surface area contributed by atoms with E-state index in [4.69, 9.17) is 0 Å². The van der Waals surface area contributed by atoms with Crippen molar-refractivity contribution in [3.63, 3.8) is 0 Å². The van der Waals surface area contributed by atoms with Crippen LogP contribution in [0.3, 0.4) is 0 Å². The highest BCUT2D eigenvalue weighted by Gasteiger charge is 2.09. The molecule has 0 saturated heterocycles. The van der Waals surface area contributed by atoms with Crippen LogP contribution in [0.15, 0.2) is 42.5 Å². The second-order valence-corrected chi connectivity index (χ2v) is 5.54. The zero-order valence-electron chi connectivity index (χ0n) is 12.5. The first-order chi connectivity index (χ1) is 10.1. The molecule has 0 saturated carbocycles. The van der Waals surface area contributed by atoms with Gasteiger partial charge in [-0.25, -0.2) is 4.79 Å². The number of carbonyl (C=O) groups is 1. The SMILES string of the molecule is CC(C)C(O)CCNC(=O)Nc1ccc2ccccc2c1. The molecular weight excluding hydrogens is 264 g/mol. The van der Waals surface area contributed by atoms with Crippen LogP contribution in [0.25, 0.3) is 10.8 Å². The van der Waals surface area contributed by atoms with Gasteiger partial charge < -0.3 is 15.7 Å². The predicted molar refractivity (Wildman–Crippen MR) is 86.4 cm³/mol. The molecule has 4 nitrogen and oxygen atoms in total. The molecule has 3 N–H and O–H groups in total. The minimum absolute atomic E-state index is 0.204. The third-order valence-corrected chi connectivity index (χ3v) is 3.50. The summed E-state index contributed by atoms with van der Waals surface area (Å²) >= 11 is 0. The fourth-order valence-corrected chi connectivity index (χ4v) is 2.11. The molecule has 2 rings (SSSR count). The fraction of sp³-hybridized carbons (Fsp3) is 0.353. The van der Waals surface area contributed by atoms with Crippen molar-refractivity contribution >= 4 is 22.5 Å². The summed E-state index contributed by atoms with van der Waals surface area (Å²) in [7, 11) is 0. The van der Waals surface area contributed by atoms with Gasteiger partial charge in [0.15, 0.2) is 0 Å². The molecule has 21 heavy (non-hydrogen) atoms. The minimum Gasteiger partial charge on any atom is -0.393 e. The maximum absolute atomic E-state index is 11.8. The molecule has 0 aliphatic heterocycles. The van der Waals surface area contributed by atoms with E-state index in [2.05, 4.69) is 10.6 Å². The Balaban J connectivity index is 1.86. The smallest absolute Gasteiger partial charge is 0.319 e. The van der Waals surface area contributed by atoms with Gasteiger partial charge in [-0.15, -0.1) is 0 Å². The number of hydrogen-bond donors (Lipinski definition) is 3. The molecule has 0 aromatic heterocycles. The summed E-state index contributed by atoms with van der Waals surface area (Å²) in [5, 5.41) is 17.5. The number of benzene rings is 2. The molecule has 1 unspecified atom stereocenters. The molecular formula is C17H22N2O2. The van der Waals surface area contributed by atoms with Crippen molar-refractivity contribution < 1.29 is 9.90 Å². The van der Waals surface area contributed by atoms with Crippen LogP contribution in [0, 0.1) is 5.92 Å². The maximum atomic E-state index is 11.8. The zero-order chi connectivity index (χ0) is 15.2. The molecule has 4 heteroatoms. The van der Waals surface area contributed by atoms with Crippen molar-refractivity contribution in [1.82, 2.24) is 5.32 Å². The largest absolute Gasteiger partial charge is 0.393 e. The van der Waals surface area contributed by atoms with Crippen molar-refractivity contribution in [3.05, 3.63) is 42.5 Å². The molecule has 2 aromatic rings. The lowest BCUT2D eigenvalue weighted by atomic mass is 10.0. The highest BCUT2D eigenvalue weighted by molar-refractivity contribution is 5.93. The molecule has 0 heterocycles. The van der Waals surface area contributed by atoms with Gasteiger partial charge in [0.1, 0.15) is 0 Å². The van der Waals surface area contributed by atoms with Crippen molar-refractivity contribution in [2.24, 2.45) is 5.92 Å². The number of hydrogen-bond acceptors (Lipinski definition) is 2. The number of carbonyl (C=O) groups excluding carboxylic acids is 1. The van der Waals surface area contributed by atoms with Gasteiger partial charge in [0.05, 0.1) is 6.10 Å². The normalized spacial score (nSPS) is 12.4. The van der Waals surface area contributed by atoms with E-state index in [0.717, 1.165) is 16.5 Å². The van der Waals surface area contributed by atoms with Crippen LogP contribution < -0.4 is 10.6 Å². The van der Waals surface area contributed by atoms with E-state index in [1.54, 1.807) is 0 Å². The predicted octanol–water partition coefficient (Wildman–Crippen LogP) is 3.37. The Kier molecular flexibility index (Phi) is 5.17. The van der Waals surface area contributed by atoms with E-state index >= 15 is 0 Å². The number of amides is 2. The minimum atomic E-state index is -0.383. The molecule has 1 atom stereocenters. The third kappa shape index (κ3) is 4.46. The summed E-state index contributed by atoms with van der Waals surface area (Å²) in [6.07, 6.45) is 0.175. The van der Waals surface area contributed by atoms with Crippen LogP contribution in [0.4, 0.5) is 10.5 Å². The highest BCUT2D eigenvalue weighted by atomic mass is 16.3. The summed E-state index contributed by atoms with van der Waals surface area (Å²) in [6.45, 7) is 4.37. The molecule has 0 aliphatic rings. The van der Waals surface area contributed by atoms with Gasteiger partial charge in [0, 0.05) is 12.2 Å². The zero-order valence-corrected chi connectivity index (χ0v) is 12.5. The lowest BCUT2D eigenvalue weighted by molar-refractivity contribution is 0.117. The number of aliphatic hydroxyl groups excluding tert-OH is 1. The van der Waals surface area contributed by atoms with Crippen molar-refractivity contribution in [1.29, 1.82) is 0 Å². The Hall–Kier alpha value is -2.07. The second-order valence-electron chi connectivity index (χ2n) is 5.54. The molecule has 0 aliphatic carbocycles. The van der Waals surface area contributed by atoms with E-state index in [0.29, 0.717) is 13.0 Å². The fourth-order valence-electron chi connectivity index (χ4n) is 2.11. The van der Waals surface area contributed by atoms with Crippen LogP contribution >= 0.6 is 0 Å². The number of urea groups is 1. The molecule has 0 radical (unpaired) electrons. The summed E-state index contributed by atoms with van der Waals surface area (Å²) in [5.41, 5.74) is 0.760. The van der Waals surface area contributed by atoms with Crippen LogP contribution in [0.2, 0.25) is 0 Å². The molecule has 0 bridgehead atoms. The highest BCUT2D eigenvalue weighted by Crippen LogP contribution is 2.18. The second kappa shape index (κ2) is 7.09. The van der Waals surface area contributed by atoms with Gasteiger partial charge in [-0.05, 0) is 35.2 Å². The van der Waals surface area contributed by atoms with Gasteiger partial charge in [-0.3, -0.25) is 0 Å². The maximum Gasteiger partial charge on any atom is 0.319 e. The Labute approximate surface area is 125 Å². The van der Waals surface area contributed by atoms with Gasteiger partial charge in [0.2, 0.25) is 0 Å².